The van der Waals surface area contributed by atoms with Crippen molar-refractivity contribution in [2.45, 2.75) is 39.4 Å². The summed E-state index contributed by atoms with van der Waals surface area (Å²) < 4.78 is 11.2. The Balaban J connectivity index is 2.18. The summed E-state index contributed by atoms with van der Waals surface area (Å²) in [6.07, 6.45) is 2.44. The minimum Gasteiger partial charge on any atom is -0.344 e. The third-order valence-electron chi connectivity index (χ3n) is 4.54. The molecule has 120 valence electrons. The highest BCUT2D eigenvalue weighted by molar-refractivity contribution is 6.05. The quantitative estimate of drug-likeness (QED) is 0.440. The lowest BCUT2D eigenvalue weighted by Crippen LogP contribution is -2.25. The summed E-state index contributed by atoms with van der Waals surface area (Å²) in [5, 5.41) is 0. The Morgan fingerprint density at radius 3 is 2.18 bits per heavy atom. The van der Waals surface area contributed by atoms with E-state index in [0.29, 0.717) is 18.8 Å². The van der Waals surface area contributed by atoms with E-state index in [2.05, 4.69) is 0 Å². The van der Waals surface area contributed by atoms with Crippen LogP contribution < -0.4 is 0 Å². The van der Waals surface area contributed by atoms with E-state index >= 15 is 0 Å². The summed E-state index contributed by atoms with van der Waals surface area (Å²) in [5.41, 5.74) is 1.45. The number of ether oxygens (including phenoxy) is 2. The lowest BCUT2D eigenvalue weighted by Gasteiger charge is -2.23. The molecule has 1 unspecified atom stereocenters. The molecule has 1 atom stereocenters. The molecule has 1 aromatic rings. The molecule has 22 heavy (non-hydrogen) atoms. The molecule has 0 saturated carbocycles. The standard InChI is InChI=1S/C18H24O4/c1-4-13(5-2)16(12-19)17(20)14-6-8-15(9-7-14)18(3)21-10-11-22-18/h6-9,12-13,16H,4-5,10-11H2,1-3H3. The van der Waals surface area contributed by atoms with Crippen molar-refractivity contribution >= 4 is 12.1 Å². The number of aldehydes is 1. The van der Waals surface area contributed by atoms with Crippen LogP contribution >= 0.6 is 0 Å². The molecule has 0 aromatic heterocycles. The van der Waals surface area contributed by atoms with E-state index in [-0.39, 0.29) is 11.7 Å². The van der Waals surface area contributed by atoms with E-state index in [9.17, 15) is 9.59 Å². The summed E-state index contributed by atoms with van der Waals surface area (Å²) in [4.78, 5) is 23.9. The fraction of sp³-hybridized carbons (Fsp3) is 0.556. The minimum absolute atomic E-state index is 0.101. The monoisotopic (exact) mass is 304 g/mol. The van der Waals surface area contributed by atoms with Crippen LogP contribution in [0.4, 0.5) is 0 Å². The second-order valence-electron chi connectivity index (χ2n) is 5.82. The molecule has 0 bridgehead atoms. The second kappa shape index (κ2) is 7.16. The highest BCUT2D eigenvalue weighted by Crippen LogP contribution is 2.31. The number of rotatable bonds is 7. The van der Waals surface area contributed by atoms with Gasteiger partial charge in [0.25, 0.3) is 0 Å². The Kier molecular flexibility index (Phi) is 5.48. The molecule has 4 nitrogen and oxygen atoms in total. The molecular formula is C18H24O4. The zero-order chi connectivity index (χ0) is 16.2. The Morgan fingerprint density at radius 1 is 1.18 bits per heavy atom. The molecule has 4 heteroatoms. The summed E-state index contributed by atoms with van der Waals surface area (Å²) >= 11 is 0. The van der Waals surface area contributed by atoms with Gasteiger partial charge in [-0.25, -0.2) is 0 Å². The Bertz CT molecular complexity index is 510. The largest absolute Gasteiger partial charge is 0.344 e. The average molecular weight is 304 g/mol. The molecule has 1 aromatic carbocycles. The molecule has 1 fully saturated rings. The first-order chi connectivity index (χ1) is 10.6. The molecule has 1 aliphatic rings. The summed E-state index contributed by atoms with van der Waals surface area (Å²) in [6.45, 7) is 7.03. The summed E-state index contributed by atoms with van der Waals surface area (Å²) in [7, 11) is 0. The summed E-state index contributed by atoms with van der Waals surface area (Å²) in [5.74, 6) is -1.30. The van der Waals surface area contributed by atoms with Gasteiger partial charge in [0, 0.05) is 11.1 Å². The first kappa shape index (κ1) is 16.8. The van der Waals surface area contributed by atoms with Crippen LogP contribution in [0.5, 0.6) is 0 Å². The van der Waals surface area contributed by atoms with E-state index < -0.39 is 11.7 Å². The van der Waals surface area contributed by atoms with E-state index in [1.807, 2.05) is 32.9 Å². The van der Waals surface area contributed by atoms with Crippen molar-refractivity contribution in [3.05, 3.63) is 35.4 Å². The smallest absolute Gasteiger partial charge is 0.192 e. The van der Waals surface area contributed by atoms with Gasteiger partial charge in [-0.2, -0.15) is 0 Å². The third-order valence-corrected chi connectivity index (χ3v) is 4.54. The highest BCUT2D eigenvalue weighted by Gasteiger charge is 2.33. The van der Waals surface area contributed by atoms with Gasteiger partial charge in [-0.15, -0.1) is 0 Å². The fourth-order valence-electron chi connectivity index (χ4n) is 2.99. The maximum Gasteiger partial charge on any atom is 0.192 e. The Morgan fingerprint density at radius 2 is 1.73 bits per heavy atom. The van der Waals surface area contributed by atoms with Gasteiger partial charge in [-0.3, -0.25) is 4.79 Å². The van der Waals surface area contributed by atoms with Crippen molar-refractivity contribution in [2.24, 2.45) is 11.8 Å². The van der Waals surface area contributed by atoms with Gasteiger partial charge < -0.3 is 14.3 Å². The molecule has 1 heterocycles. The first-order valence-electron chi connectivity index (χ1n) is 7.93. The molecule has 1 saturated heterocycles. The number of carbonyl (C=O) groups excluding carboxylic acids is 2. The van der Waals surface area contributed by atoms with E-state index in [4.69, 9.17) is 9.47 Å². The molecule has 0 amide bonds. The van der Waals surface area contributed by atoms with Crippen LogP contribution in [-0.2, 0) is 20.1 Å². The van der Waals surface area contributed by atoms with Crippen LogP contribution in [0, 0.1) is 11.8 Å². The molecule has 0 aliphatic carbocycles. The molecule has 1 aliphatic heterocycles. The predicted molar refractivity (Wildman–Crippen MR) is 83.7 cm³/mol. The van der Waals surface area contributed by atoms with Gasteiger partial charge in [-0.05, 0) is 12.8 Å². The van der Waals surface area contributed by atoms with Crippen molar-refractivity contribution in [3.63, 3.8) is 0 Å². The van der Waals surface area contributed by atoms with E-state index in [1.54, 1.807) is 12.1 Å². The summed E-state index contributed by atoms with van der Waals surface area (Å²) in [6, 6.07) is 7.19. The van der Waals surface area contributed by atoms with Crippen LogP contribution in [-0.4, -0.2) is 25.3 Å². The number of hydrogen-bond acceptors (Lipinski definition) is 4. The molecule has 0 spiro atoms. The van der Waals surface area contributed by atoms with E-state index in [1.165, 1.54) is 0 Å². The van der Waals surface area contributed by atoms with Crippen molar-refractivity contribution < 1.29 is 19.1 Å². The SMILES string of the molecule is CCC(CC)C(C=O)C(=O)c1ccc(C2(C)OCCO2)cc1. The zero-order valence-corrected chi connectivity index (χ0v) is 13.5. The van der Waals surface area contributed by atoms with Crippen LogP contribution in [0.25, 0.3) is 0 Å². The average Bonchev–Trinajstić information content (AvgIpc) is 3.00. The first-order valence-corrected chi connectivity index (χ1v) is 7.93. The number of hydrogen-bond donors (Lipinski definition) is 0. The van der Waals surface area contributed by atoms with Gasteiger partial charge in [0.1, 0.15) is 6.29 Å². The van der Waals surface area contributed by atoms with Crippen molar-refractivity contribution in [1.82, 2.24) is 0 Å². The number of benzene rings is 1. The maximum absolute atomic E-state index is 12.6. The molecule has 0 N–H and O–H groups in total. The topological polar surface area (TPSA) is 52.6 Å². The number of carbonyl (C=O) groups is 2. The normalized spacial score (nSPS) is 18.4. The molecule has 0 radical (unpaired) electrons. The van der Waals surface area contributed by atoms with Gasteiger partial charge in [-0.1, -0.05) is 51.0 Å². The number of Topliss-reactive ketones (excluding diaryl/α,β-unsaturated/α-hetero) is 1. The second-order valence-corrected chi connectivity index (χ2v) is 5.82. The van der Waals surface area contributed by atoms with Gasteiger partial charge in [0.2, 0.25) is 0 Å². The van der Waals surface area contributed by atoms with Crippen LogP contribution in [0.3, 0.4) is 0 Å². The van der Waals surface area contributed by atoms with Crippen LogP contribution in [0.15, 0.2) is 24.3 Å². The van der Waals surface area contributed by atoms with Gasteiger partial charge in [0.05, 0.1) is 19.1 Å². The van der Waals surface area contributed by atoms with Crippen molar-refractivity contribution in [2.75, 3.05) is 13.2 Å². The Hall–Kier alpha value is -1.52. The third kappa shape index (κ3) is 3.28. The van der Waals surface area contributed by atoms with Crippen molar-refractivity contribution in [1.29, 1.82) is 0 Å². The maximum atomic E-state index is 12.6. The van der Waals surface area contributed by atoms with Crippen molar-refractivity contribution in [3.8, 4) is 0 Å². The molecule has 2 rings (SSSR count). The lowest BCUT2D eigenvalue weighted by atomic mass is 9.83. The van der Waals surface area contributed by atoms with Gasteiger partial charge in [0.15, 0.2) is 11.6 Å². The van der Waals surface area contributed by atoms with E-state index in [0.717, 1.165) is 24.7 Å². The predicted octanol–water partition coefficient (Wildman–Crippen LogP) is 3.34. The van der Waals surface area contributed by atoms with Gasteiger partial charge >= 0.3 is 0 Å². The molecular weight excluding hydrogens is 280 g/mol. The van der Waals surface area contributed by atoms with Crippen LogP contribution in [0.1, 0.15) is 49.5 Å². The Labute approximate surface area is 131 Å². The number of ketones is 1. The minimum atomic E-state index is -0.735. The van der Waals surface area contributed by atoms with Crippen LogP contribution in [0.2, 0.25) is 0 Å². The highest BCUT2D eigenvalue weighted by atomic mass is 16.7. The fourth-order valence-corrected chi connectivity index (χ4v) is 2.99. The lowest BCUT2D eigenvalue weighted by molar-refractivity contribution is -0.149. The zero-order valence-electron chi connectivity index (χ0n) is 13.5.